The molecule has 3 rings (SSSR count). The summed E-state index contributed by atoms with van der Waals surface area (Å²) in [5, 5.41) is 4.37. The highest BCUT2D eigenvalue weighted by Crippen LogP contribution is 2.27. The Morgan fingerprint density at radius 2 is 1.76 bits per heavy atom. The molecule has 0 spiro atoms. The first-order chi connectivity index (χ1) is 10.3. The van der Waals surface area contributed by atoms with Crippen molar-refractivity contribution >= 4 is 11.6 Å². The van der Waals surface area contributed by atoms with Gasteiger partial charge in [-0.05, 0) is 47.6 Å². The van der Waals surface area contributed by atoms with Gasteiger partial charge in [0.2, 0.25) is 0 Å². The van der Waals surface area contributed by atoms with Gasteiger partial charge in [-0.15, -0.1) is 0 Å². The summed E-state index contributed by atoms with van der Waals surface area (Å²) in [6.45, 7) is 3.08. The van der Waals surface area contributed by atoms with Crippen LogP contribution in [0.4, 0.5) is 0 Å². The van der Waals surface area contributed by atoms with Gasteiger partial charge in [0.05, 0.1) is 0 Å². The van der Waals surface area contributed by atoms with Crippen molar-refractivity contribution < 1.29 is 0 Å². The summed E-state index contributed by atoms with van der Waals surface area (Å²) in [5.74, 6) is 0. The summed E-state index contributed by atoms with van der Waals surface area (Å²) in [6, 6.07) is 15.9. The van der Waals surface area contributed by atoms with Crippen LogP contribution in [0.3, 0.4) is 0 Å². The minimum atomic E-state index is 0.715. The smallest absolute Gasteiger partial charge is 0.0457 e. The number of hydrogen-bond donors (Lipinski definition) is 1. The second-order valence-electron chi connectivity index (χ2n) is 5.91. The fourth-order valence-electron chi connectivity index (χ4n) is 2.56. The Labute approximate surface area is 132 Å². The molecule has 2 heteroatoms. The molecule has 2 aromatic rings. The van der Waals surface area contributed by atoms with E-state index in [4.69, 9.17) is 11.6 Å². The molecule has 0 radical (unpaired) electrons. The van der Waals surface area contributed by atoms with Gasteiger partial charge in [0.1, 0.15) is 0 Å². The van der Waals surface area contributed by atoms with E-state index in [0.717, 1.165) is 18.0 Å². The zero-order valence-electron chi connectivity index (χ0n) is 12.5. The van der Waals surface area contributed by atoms with Crippen LogP contribution >= 0.6 is 11.6 Å². The highest BCUT2D eigenvalue weighted by molar-refractivity contribution is 6.31. The van der Waals surface area contributed by atoms with Gasteiger partial charge in [-0.25, -0.2) is 0 Å². The summed E-state index contributed by atoms with van der Waals surface area (Å²) in [5.41, 5.74) is 5.02. The van der Waals surface area contributed by atoms with Gasteiger partial charge in [0.25, 0.3) is 0 Å². The third-order valence-corrected chi connectivity index (χ3v) is 4.39. The molecule has 0 amide bonds. The predicted octanol–water partition coefficient (Wildman–Crippen LogP) is 5.21. The first-order valence-electron chi connectivity index (χ1n) is 7.87. The highest BCUT2D eigenvalue weighted by atomic mass is 35.5. The van der Waals surface area contributed by atoms with Gasteiger partial charge in [0, 0.05) is 17.6 Å². The Balaban J connectivity index is 1.73. The molecule has 0 atom stereocenters. The van der Waals surface area contributed by atoms with Crippen LogP contribution < -0.4 is 5.32 Å². The fourth-order valence-corrected chi connectivity index (χ4v) is 2.81. The lowest BCUT2D eigenvalue weighted by Gasteiger charge is -2.09. The van der Waals surface area contributed by atoms with Crippen molar-refractivity contribution in [1.29, 1.82) is 0 Å². The van der Waals surface area contributed by atoms with Crippen molar-refractivity contribution in [2.24, 2.45) is 0 Å². The molecular weight excluding hydrogens is 278 g/mol. The van der Waals surface area contributed by atoms with Gasteiger partial charge in [-0.1, -0.05) is 61.3 Å². The quantitative estimate of drug-likeness (QED) is 0.772. The van der Waals surface area contributed by atoms with Crippen LogP contribution in [-0.4, -0.2) is 6.04 Å². The van der Waals surface area contributed by atoms with Crippen LogP contribution in [0.5, 0.6) is 0 Å². The first kappa shape index (κ1) is 14.6. The zero-order chi connectivity index (χ0) is 14.7. The van der Waals surface area contributed by atoms with Gasteiger partial charge in [-0.2, -0.15) is 0 Å². The maximum Gasteiger partial charge on any atom is 0.0457 e. The molecule has 1 aliphatic rings. The molecular formula is C19H22ClN. The molecule has 0 aliphatic heterocycles. The Morgan fingerprint density at radius 1 is 1.05 bits per heavy atom. The van der Waals surface area contributed by atoms with Crippen LogP contribution in [0.1, 0.15) is 37.3 Å². The van der Waals surface area contributed by atoms with E-state index in [1.807, 2.05) is 0 Å². The summed E-state index contributed by atoms with van der Waals surface area (Å²) in [4.78, 5) is 0. The van der Waals surface area contributed by atoms with E-state index in [1.54, 1.807) is 0 Å². The number of halogens is 1. The molecule has 2 aromatic carbocycles. The topological polar surface area (TPSA) is 12.0 Å². The van der Waals surface area contributed by atoms with Gasteiger partial charge in [-0.3, -0.25) is 0 Å². The molecule has 0 unspecified atom stereocenters. The molecule has 1 nitrogen and oxygen atoms in total. The van der Waals surface area contributed by atoms with Crippen LogP contribution in [-0.2, 0) is 13.0 Å². The fraction of sp³-hybridized carbons (Fsp3) is 0.368. The van der Waals surface area contributed by atoms with Crippen molar-refractivity contribution in [2.45, 2.75) is 45.2 Å². The number of benzene rings is 2. The van der Waals surface area contributed by atoms with Crippen LogP contribution in [0.2, 0.25) is 5.02 Å². The Morgan fingerprint density at radius 3 is 2.38 bits per heavy atom. The molecule has 21 heavy (non-hydrogen) atoms. The average Bonchev–Trinajstić information content (AvgIpc) is 3.31. The van der Waals surface area contributed by atoms with Gasteiger partial charge < -0.3 is 5.32 Å². The second-order valence-corrected chi connectivity index (χ2v) is 6.32. The number of hydrogen-bond acceptors (Lipinski definition) is 1. The first-order valence-corrected chi connectivity index (χ1v) is 8.25. The van der Waals surface area contributed by atoms with E-state index in [1.165, 1.54) is 41.5 Å². The highest BCUT2D eigenvalue weighted by Gasteiger charge is 2.20. The normalized spacial score (nSPS) is 14.4. The van der Waals surface area contributed by atoms with Crippen molar-refractivity contribution in [3.05, 3.63) is 58.6 Å². The third kappa shape index (κ3) is 3.87. The summed E-state index contributed by atoms with van der Waals surface area (Å²) in [7, 11) is 0. The van der Waals surface area contributed by atoms with Crippen LogP contribution in [0.25, 0.3) is 11.1 Å². The minimum absolute atomic E-state index is 0.715. The standard InChI is InChI=1S/C19H22ClN/c1-2-3-14-4-6-15(7-5-14)16-8-9-17(19(20)12-16)13-21-18-10-11-18/h4-9,12,18,21H,2-3,10-11,13H2,1H3. The van der Waals surface area contributed by atoms with Crippen molar-refractivity contribution in [1.82, 2.24) is 5.32 Å². The van der Waals surface area contributed by atoms with E-state index < -0.39 is 0 Å². The number of nitrogens with one attached hydrogen (secondary N) is 1. The number of aryl methyl sites for hydroxylation is 1. The molecule has 0 saturated heterocycles. The monoisotopic (exact) mass is 299 g/mol. The maximum absolute atomic E-state index is 6.42. The van der Waals surface area contributed by atoms with Crippen LogP contribution in [0.15, 0.2) is 42.5 Å². The van der Waals surface area contributed by atoms with Gasteiger partial charge >= 0.3 is 0 Å². The van der Waals surface area contributed by atoms with E-state index in [0.29, 0.717) is 6.04 Å². The molecule has 1 fully saturated rings. The Hall–Kier alpha value is -1.31. The SMILES string of the molecule is CCCc1ccc(-c2ccc(CNC3CC3)c(Cl)c2)cc1. The molecule has 1 aliphatic carbocycles. The molecule has 110 valence electrons. The average molecular weight is 300 g/mol. The third-order valence-electron chi connectivity index (χ3n) is 4.04. The van der Waals surface area contributed by atoms with E-state index >= 15 is 0 Å². The molecule has 1 saturated carbocycles. The lowest BCUT2D eigenvalue weighted by Crippen LogP contribution is -2.15. The van der Waals surface area contributed by atoms with E-state index in [9.17, 15) is 0 Å². The molecule has 0 heterocycles. The van der Waals surface area contributed by atoms with Gasteiger partial charge in [0.15, 0.2) is 0 Å². The molecule has 0 bridgehead atoms. The predicted molar refractivity (Wildman–Crippen MR) is 90.7 cm³/mol. The van der Waals surface area contributed by atoms with E-state index in [2.05, 4.69) is 54.7 Å². The lowest BCUT2D eigenvalue weighted by atomic mass is 10.0. The van der Waals surface area contributed by atoms with Crippen LogP contribution in [0, 0.1) is 0 Å². The van der Waals surface area contributed by atoms with Crippen molar-refractivity contribution in [3.8, 4) is 11.1 Å². The number of rotatable bonds is 6. The Kier molecular flexibility index (Phi) is 4.62. The Bertz CT molecular complexity index is 599. The van der Waals surface area contributed by atoms with Crippen molar-refractivity contribution in [2.75, 3.05) is 0 Å². The zero-order valence-corrected chi connectivity index (χ0v) is 13.3. The molecule has 0 aromatic heterocycles. The van der Waals surface area contributed by atoms with E-state index in [-0.39, 0.29) is 0 Å². The summed E-state index contributed by atoms with van der Waals surface area (Å²) in [6.07, 6.45) is 4.94. The molecule has 1 N–H and O–H groups in total. The maximum atomic E-state index is 6.42. The van der Waals surface area contributed by atoms with Crippen molar-refractivity contribution in [3.63, 3.8) is 0 Å². The lowest BCUT2D eigenvalue weighted by molar-refractivity contribution is 0.688. The summed E-state index contributed by atoms with van der Waals surface area (Å²) >= 11 is 6.42. The largest absolute Gasteiger partial charge is 0.310 e. The summed E-state index contributed by atoms with van der Waals surface area (Å²) < 4.78 is 0. The second kappa shape index (κ2) is 6.64. The minimum Gasteiger partial charge on any atom is -0.310 e.